The summed E-state index contributed by atoms with van der Waals surface area (Å²) in [6.45, 7) is 4.84. The van der Waals surface area contributed by atoms with Gasteiger partial charge in [-0.1, -0.05) is 19.1 Å². The molecule has 8 nitrogen and oxygen atoms in total. The SMILES string of the molecule is CCOc1cc(C2=NN(Cc3ccc(NC(=O)OC)cc3)C(=O)CC2CC)ccc1OC. The Morgan fingerprint density at radius 2 is 1.88 bits per heavy atom. The van der Waals surface area contributed by atoms with Crippen molar-refractivity contribution in [2.45, 2.75) is 33.2 Å². The van der Waals surface area contributed by atoms with Crippen LogP contribution < -0.4 is 14.8 Å². The number of nitrogens with zero attached hydrogens (tertiary/aromatic N) is 2. The first kappa shape index (κ1) is 23.1. The van der Waals surface area contributed by atoms with Crippen LogP contribution in [0.25, 0.3) is 0 Å². The van der Waals surface area contributed by atoms with Gasteiger partial charge in [-0.2, -0.15) is 5.10 Å². The fourth-order valence-electron chi connectivity index (χ4n) is 3.57. The monoisotopic (exact) mass is 439 g/mol. The summed E-state index contributed by atoms with van der Waals surface area (Å²) in [4.78, 5) is 24.1. The van der Waals surface area contributed by atoms with Gasteiger partial charge in [0.2, 0.25) is 5.91 Å². The number of hydrazone groups is 1. The number of benzene rings is 2. The minimum atomic E-state index is -0.533. The van der Waals surface area contributed by atoms with E-state index in [1.807, 2.05) is 37.3 Å². The average molecular weight is 440 g/mol. The summed E-state index contributed by atoms with van der Waals surface area (Å²) in [5.74, 6) is 1.33. The highest BCUT2D eigenvalue weighted by molar-refractivity contribution is 6.06. The number of hydrogen-bond acceptors (Lipinski definition) is 6. The zero-order chi connectivity index (χ0) is 23.1. The van der Waals surface area contributed by atoms with Crippen LogP contribution in [0.5, 0.6) is 11.5 Å². The molecule has 2 aromatic rings. The molecule has 1 unspecified atom stereocenters. The van der Waals surface area contributed by atoms with Gasteiger partial charge in [0.15, 0.2) is 11.5 Å². The summed E-state index contributed by atoms with van der Waals surface area (Å²) in [6.07, 6.45) is 0.671. The third-order valence-corrected chi connectivity index (χ3v) is 5.29. The standard InChI is InChI=1S/C24H29N3O5/c1-5-17-14-22(28)27(15-16-7-10-19(11-8-16)25-24(29)31-4)26-23(17)18-9-12-20(30-3)21(13-18)32-6-2/h7-13,17H,5-6,14-15H2,1-4H3,(H,25,29). The van der Waals surface area contributed by atoms with E-state index in [1.54, 1.807) is 19.2 Å². The largest absolute Gasteiger partial charge is 0.493 e. The zero-order valence-corrected chi connectivity index (χ0v) is 18.9. The topological polar surface area (TPSA) is 89.5 Å². The van der Waals surface area contributed by atoms with Gasteiger partial charge in [0.25, 0.3) is 0 Å². The molecule has 1 aliphatic rings. The van der Waals surface area contributed by atoms with Crippen molar-refractivity contribution in [3.63, 3.8) is 0 Å². The molecule has 2 amide bonds. The highest BCUT2D eigenvalue weighted by Gasteiger charge is 2.29. The molecule has 0 saturated heterocycles. The zero-order valence-electron chi connectivity index (χ0n) is 18.9. The van der Waals surface area contributed by atoms with Crippen LogP contribution in [0.15, 0.2) is 47.6 Å². The van der Waals surface area contributed by atoms with Crippen LogP contribution in [0.4, 0.5) is 10.5 Å². The number of nitrogens with one attached hydrogen (secondary N) is 1. The lowest BCUT2D eigenvalue weighted by Gasteiger charge is -2.29. The first-order chi connectivity index (χ1) is 15.5. The van der Waals surface area contributed by atoms with Crippen molar-refractivity contribution in [1.82, 2.24) is 5.01 Å². The van der Waals surface area contributed by atoms with E-state index in [1.165, 1.54) is 12.1 Å². The molecule has 0 aliphatic carbocycles. The molecule has 0 spiro atoms. The van der Waals surface area contributed by atoms with E-state index in [2.05, 4.69) is 17.0 Å². The minimum Gasteiger partial charge on any atom is -0.493 e. The third kappa shape index (κ3) is 5.38. The molecule has 1 heterocycles. The van der Waals surface area contributed by atoms with E-state index in [0.29, 0.717) is 36.8 Å². The second-order valence-electron chi connectivity index (χ2n) is 7.36. The van der Waals surface area contributed by atoms with Crippen molar-refractivity contribution < 1.29 is 23.8 Å². The molecule has 1 N–H and O–H groups in total. The average Bonchev–Trinajstić information content (AvgIpc) is 2.81. The molecule has 2 aromatic carbocycles. The predicted molar refractivity (Wildman–Crippen MR) is 122 cm³/mol. The fraction of sp³-hybridized carbons (Fsp3) is 0.375. The Balaban J connectivity index is 1.86. The van der Waals surface area contributed by atoms with E-state index >= 15 is 0 Å². The van der Waals surface area contributed by atoms with Gasteiger partial charge in [-0.25, -0.2) is 9.80 Å². The van der Waals surface area contributed by atoms with Gasteiger partial charge >= 0.3 is 6.09 Å². The molecule has 1 atom stereocenters. The number of rotatable bonds is 8. The molecule has 0 aromatic heterocycles. The second kappa shape index (κ2) is 10.7. The van der Waals surface area contributed by atoms with Crippen molar-refractivity contribution in [1.29, 1.82) is 0 Å². The molecule has 8 heteroatoms. The summed E-state index contributed by atoms with van der Waals surface area (Å²) in [5, 5.41) is 8.85. The van der Waals surface area contributed by atoms with Crippen LogP contribution in [0.2, 0.25) is 0 Å². The Labute approximate surface area is 188 Å². The second-order valence-corrected chi connectivity index (χ2v) is 7.36. The van der Waals surface area contributed by atoms with Crippen molar-refractivity contribution >= 4 is 23.4 Å². The van der Waals surface area contributed by atoms with Crippen LogP contribution >= 0.6 is 0 Å². The quantitative estimate of drug-likeness (QED) is 0.657. The summed E-state index contributed by atoms with van der Waals surface area (Å²) < 4.78 is 15.7. The van der Waals surface area contributed by atoms with Crippen LogP contribution in [-0.4, -0.2) is 43.5 Å². The lowest BCUT2D eigenvalue weighted by Crippen LogP contribution is -2.36. The lowest BCUT2D eigenvalue weighted by atomic mass is 9.89. The first-order valence-electron chi connectivity index (χ1n) is 10.6. The van der Waals surface area contributed by atoms with Crippen LogP contribution in [-0.2, 0) is 16.1 Å². The molecule has 3 rings (SSSR count). The number of carbonyl (C=O) groups excluding carboxylic acids is 2. The van der Waals surface area contributed by atoms with Crippen molar-refractivity contribution in [3.8, 4) is 11.5 Å². The summed E-state index contributed by atoms with van der Waals surface area (Å²) in [5.41, 5.74) is 3.29. The van der Waals surface area contributed by atoms with Gasteiger partial charge in [-0.3, -0.25) is 10.1 Å². The fourth-order valence-corrected chi connectivity index (χ4v) is 3.57. The Morgan fingerprint density at radius 3 is 2.50 bits per heavy atom. The lowest BCUT2D eigenvalue weighted by molar-refractivity contribution is -0.133. The molecule has 0 bridgehead atoms. The molecule has 0 saturated carbocycles. The molecule has 32 heavy (non-hydrogen) atoms. The molecule has 0 radical (unpaired) electrons. The van der Waals surface area contributed by atoms with E-state index in [0.717, 1.165) is 23.3 Å². The van der Waals surface area contributed by atoms with E-state index in [-0.39, 0.29) is 11.8 Å². The first-order valence-corrected chi connectivity index (χ1v) is 10.6. The van der Waals surface area contributed by atoms with Crippen LogP contribution in [0.1, 0.15) is 37.8 Å². The molecular weight excluding hydrogens is 410 g/mol. The van der Waals surface area contributed by atoms with Gasteiger partial charge in [-0.15, -0.1) is 0 Å². The maximum absolute atomic E-state index is 12.8. The summed E-state index contributed by atoms with van der Waals surface area (Å²) in [6, 6.07) is 13.0. The Morgan fingerprint density at radius 1 is 1.12 bits per heavy atom. The Bertz CT molecular complexity index is 988. The maximum Gasteiger partial charge on any atom is 0.411 e. The normalized spacial score (nSPS) is 15.8. The van der Waals surface area contributed by atoms with E-state index < -0.39 is 6.09 Å². The number of hydrogen-bond donors (Lipinski definition) is 1. The van der Waals surface area contributed by atoms with Crippen molar-refractivity contribution in [2.75, 3.05) is 26.1 Å². The van der Waals surface area contributed by atoms with Gasteiger partial charge in [-0.05, 0) is 49.2 Å². The molecular formula is C24H29N3O5. The molecule has 0 fully saturated rings. The van der Waals surface area contributed by atoms with Gasteiger partial charge < -0.3 is 14.2 Å². The Kier molecular flexibility index (Phi) is 7.70. The van der Waals surface area contributed by atoms with Gasteiger partial charge in [0.1, 0.15) is 0 Å². The number of amides is 2. The van der Waals surface area contributed by atoms with Crippen LogP contribution in [0, 0.1) is 5.92 Å². The number of methoxy groups -OCH3 is 2. The summed E-state index contributed by atoms with van der Waals surface area (Å²) >= 11 is 0. The van der Waals surface area contributed by atoms with Crippen molar-refractivity contribution in [3.05, 3.63) is 53.6 Å². The van der Waals surface area contributed by atoms with E-state index in [9.17, 15) is 9.59 Å². The number of anilines is 1. The maximum atomic E-state index is 12.8. The highest BCUT2D eigenvalue weighted by Crippen LogP contribution is 2.32. The third-order valence-electron chi connectivity index (χ3n) is 5.29. The molecule has 1 aliphatic heterocycles. The smallest absolute Gasteiger partial charge is 0.411 e. The van der Waals surface area contributed by atoms with Crippen LogP contribution in [0.3, 0.4) is 0 Å². The van der Waals surface area contributed by atoms with Gasteiger partial charge in [0.05, 0.1) is 33.1 Å². The number of ether oxygens (including phenoxy) is 3. The Hall–Kier alpha value is -3.55. The highest BCUT2D eigenvalue weighted by atomic mass is 16.5. The number of carbonyl (C=O) groups is 2. The molecule has 170 valence electrons. The van der Waals surface area contributed by atoms with Crippen molar-refractivity contribution in [2.24, 2.45) is 11.0 Å². The summed E-state index contributed by atoms with van der Waals surface area (Å²) in [7, 11) is 2.92. The predicted octanol–water partition coefficient (Wildman–Crippen LogP) is 4.44. The minimum absolute atomic E-state index is 0.0177. The van der Waals surface area contributed by atoms with E-state index in [4.69, 9.17) is 14.6 Å². The van der Waals surface area contributed by atoms with Gasteiger partial charge in [0, 0.05) is 23.6 Å².